The zero-order valence-electron chi connectivity index (χ0n) is 10.8. The molecular formula is C13H18N2O2S2. The number of sulfonamides is 1. The smallest absolute Gasteiger partial charge is 0.243 e. The van der Waals surface area contributed by atoms with Gasteiger partial charge in [-0.1, -0.05) is 0 Å². The highest BCUT2D eigenvalue weighted by atomic mass is 32.2. The van der Waals surface area contributed by atoms with Crippen LogP contribution in [0, 0.1) is 0 Å². The minimum Gasteiger partial charge on any atom is -0.385 e. The fourth-order valence-electron chi connectivity index (χ4n) is 2.55. The molecule has 4 nitrogen and oxygen atoms in total. The van der Waals surface area contributed by atoms with E-state index in [1.54, 1.807) is 10.4 Å². The number of anilines is 1. The second-order valence-corrected chi connectivity index (χ2v) is 8.03. The number of nitrogens with zero attached hydrogens (tertiary/aromatic N) is 1. The van der Waals surface area contributed by atoms with Crippen molar-refractivity contribution in [2.75, 3.05) is 36.5 Å². The van der Waals surface area contributed by atoms with Gasteiger partial charge in [-0.2, -0.15) is 16.1 Å². The van der Waals surface area contributed by atoms with Gasteiger partial charge >= 0.3 is 0 Å². The molecule has 1 saturated heterocycles. The van der Waals surface area contributed by atoms with Crippen LogP contribution in [0.4, 0.5) is 5.69 Å². The quantitative estimate of drug-likeness (QED) is 0.904. The molecule has 1 fully saturated rings. The Hall–Kier alpha value is -0.720. The summed E-state index contributed by atoms with van der Waals surface area (Å²) >= 11 is 1.82. The minimum absolute atomic E-state index is 0.446. The van der Waals surface area contributed by atoms with Gasteiger partial charge in [0, 0.05) is 36.8 Å². The number of thioether (sulfide) groups is 1. The van der Waals surface area contributed by atoms with Crippen LogP contribution in [-0.2, 0) is 16.4 Å². The van der Waals surface area contributed by atoms with Gasteiger partial charge in [0.2, 0.25) is 10.0 Å². The predicted octanol–water partition coefficient (Wildman–Crippen LogP) is 1.78. The van der Waals surface area contributed by atoms with Gasteiger partial charge in [-0.05, 0) is 36.6 Å². The van der Waals surface area contributed by atoms with Crippen molar-refractivity contribution in [3.63, 3.8) is 0 Å². The van der Waals surface area contributed by atoms with Crippen molar-refractivity contribution in [1.82, 2.24) is 4.31 Å². The molecule has 0 aromatic heterocycles. The Labute approximate surface area is 118 Å². The standard InChI is InChI=1S/C13H18N2O2S2/c16-19(17,15-6-8-18-9-7-15)12-3-4-13-11(10-12)2-1-5-14-13/h3-4,10,14H,1-2,5-9H2. The van der Waals surface area contributed by atoms with E-state index in [0.717, 1.165) is 42.1 Å². The molecule has 0 radical (unpaired) electrons. The van der Waals surface area contributed by atoms with Crippen LogP contribution in [0.25, 0.3) is 0 Å². The number of rotatable bonds is 2. The molecule has 0 saturated carbocycles. The number of hydrogen-bond acceptors (Lipinski definition) is 4. The molecule has 0 amide bonds. The normalized spacial score (nSPS) is 20.6. The maximum atomic E-state index is 12.6. The van der Waals surface area contributed by atoms with E-state index in [0.29, 0.717) is 18.0 Å². The predicted molar refractivity (Wildman–Crippen MR) is 79.3 cm³/mol. The Morgan fingerprint density at radius 3 is 2.79 bits per heavy atom. The molecule has 1 aromatic rings. The molecule has 0 spiro atoms. The van der Waals surface area contributed by atoms with Crippen molar-refractivity contribution in [3.05, 3.63) is 23.8 Å². The van der Waals surface area contributed by atoms with Crippen LogP contribution in [0.1, 0.15) is 12.0 Å². The summed E-state index contributed by atoms with van der Waals surface area (Å²) in [5.41, 5.74) is 2.21. The summed E-state index contributed by atoms with van der Waals surface area (Å²) in [5.74, 6) is 1.79. The lowest BCUT2D eigenvalue weighted by molar-refractivity contribution is 0.443. The third-order valence-corrected chi connectivity index (χ3v) is 6.46. The van der Waals surface area contributed by atoms with E-state index >= 15 is 0 Å². The monoisotopic (exact) mass is 298 g/mol. The Morgan fingerprint density at radius 2 is 2.00 bits per heavy atom. The van der Waals surface area contributed by atoms with Gasteiger partial charge in [0.25, 0.3) is 0 Å². The lowest BCUT2D eigenvalue weighted by Crippen LogP contribution is -2.37. The number of benzene rings is 1. The highest BCUT2D eigenvalue weighted by Gasteiger charge is 2.26. The summed E-state index contributed by atoms with van der Waals surface area (Å²) in [6.45, 7) is 2.23. The van der Waals surface area contributed by atoms with E-state index in [2.05, 4.69) is 5.32 Å². The maximum Gasteiger partial charge on any atom is 0.243 e. The van der Waals surface area contributed by atoms with Gasteiger partial charge in [0.15, 0.2) is 0 Å². The summed E-state index contributed by atoms with van der Waals surface area (Å²) in [6, 6.07) is 5.48. The third-order valence-electron chi connectivity index (χ3n) is 3.62. The Morgan fingerprint density at radius 1 is 1.21 bits per heavy atom. The number of aryl methyl sites for hydroxylation is 1. The molecule has 3 rings (SSSR count). The van der Waals surface area contributed by atoms with Crippen LogP contribution in [-0.4, -0.2) is 43.9 Å². The van der Waals surface area contributed by atoms with Crippen molar-refractivity contribution in [2.24, 2.45) is 0 Å². The summed E-state index contributed by atoms with van der Waals surface area (Å²) in [5, 5.41) is 3.31. The zero-order chi connectivity index (χ0) is 13.3. The van der Waals surface area contributed by atoms with Gasteiger partial charge in [0.1, 0.15) is 0 Å². The van der Waals surface area contributed by atoms with Gasteiger partial charge in [-0.25, -0.2) is 8.42 Å². The van der Waals surface area contributed by atoms with Gasteiger partial charge in [-0.3, -0.25) is 0 Å². The summed E-state index contributed by atoms with van der Waals surface area (Å²) in [7, 11) is -3.30. The first-order chi connectivity index (χ1) is 9.18. The van der Waals surface area contributed by atoms with E-state index in [4.69, 9.17) is 0 Å². The molecule has 2 aliphatic rings. The van der Waals surface area contributed by atoms with E-state index in [1.165, 1.54) is 0 Å². The highest BCUT2D eigenvalue weighted by molar-refractivity contribution is 7.99. The fraction of sp³-hybridized carbons (Fsp3) is 0.538. The first-order valence-corrected chi connectivity index (χ1v) is 9.22. The fourth-order valence-corrected chi connectivity index (χ4v) is 5.17. The summed E-state index contributed by atoms with van der Waals surface area (Å²) < 4.78 is 26.8. The van der Waals surface area contributed by atoms with Crippen molar-refractivity contribution in [3.8, 4) is 0 Å². The molecule has 19 heavy (non-hydrogen) atoms. The second-order valence-electron chi connectivity index (χ2n) is 4.87. The van der Waals surface area contributed by atoms with E-state index in [9.17, 15) is 8.42 Å². The molecular weight excluding hydrogens is 280 g/mol. The van der Waals surface area contributed by atoms with E-state index in [1.807, 2.05) is 23.9 Å². The lowest BCUT2D eigenvalue weighted by Gasteiger charge is -2.26. The first-order valence-electron chi connectivity index (χ1n) is 6.62. The largest absolute Gasteiger partial charge is 0.385 e. The van der Waals surface area contributed by atoms with Crippen LogP contribution in [0.3, 0.4) is 0 Å². The van der Waals surface area contributed by atoms with Crippen LogP contribution >= 0.6 is 11.8 Å². The van der Waals surface area contributed by atoms with Gasteiger partial charge in [0.05, 0.1) is 4.90 Å². The Balaban J connectivity index is 1.92. The van der Waals surface area contributed by atoms with E-state index in [-0.39, 0.29) is 0 Å². The van der Waals surface area contributed by atoms with E-state index < -0.39 is 10.0 Å². The molecule has 6 heteroatoms. The molecule has 2 heterocycles. The van der Waals surface area contributed by atoms with Crippen LogP contribution in [0.5, 0.6) is 0 Å². The second kappa shape index (κ2) is 5.34. The first kappa shape index (κ1) is 13.3. The molecule has 0 aliphatic carbocycles. The topological polar surface area (TPSA) is 49.4 Å². The van der Waals surface area contributed by atoms with Crippen LogP contribution in [0.2, 0.25) is 0 Å². The SMILES string of the molecule is O=S(=O)(c1ccc2c(c1)CCCN2)N1CCSCC1. The zero-order valence-corrected chi connectivity index (χ0v) is 12.4. The Kier molecular flexibility index (Phi) is 3.73. The van der Waals surface area contributed by atoms with Crippen LogP contribution in [0.15, 0.2) is 23.1 Å². The van der Waals surface area contributed by atoms with Crippen molar-refractivity contribution in [2.45, 2.75) is 17.7 Å². The van der Waals surface area contributed by atoms with Gasteiger partial charge < -0.3 is 5.32 Å². The summed E-state index contributed by atoms with van der Waals surface area (Å²) in [4.78, 5) is 0.446. The maximum absolute atomic E-state index is 12.6. The Bertz CT molecular complexity index is 566. The number of nitrogens with one attached hydrogen (secondary N) is 1. The molecule has 104 valence electrons. The minimum atomic E-state index is -3.30. The highest BCUT2D eigenvalue weighted by Crippen LogP contribution is 2.27. The van der Waals surface area contributed by atoms with Crippen molar-refractivity contribution in [1.29, 1.82) is 0 Å². The molecule has 0 atom stereocenters. The lowest BCUT2D eigenvalue weighted by atomic mass is 10.0. The molecule has 1 aromatic carbocycles. The van der Waals surface area contributed by atoms with Crippen LogP contribution < -0.4 is 5.32 Å². The average molecular weight is 298 g/mol. The molecule has 0 bridgehead atoms. The average Bonchev–Trinajstić information content (AvgIpc) is 2.47. The molecule has 0 unspecified atom stereocenters. The van der Waals surface area contributed by atoms with Crippen molar-refractivity contribution < 1.29 is 8.42 Å². The molecule has 1 N–H and O–H groups in total. The molecule has 2 aliphatic heterocycles. The number of fused-ring (bicyclic) bond motifs is 1. The third kappa shape index (κ3) is 2.61. The number of hydrogen-bond donors (Lipinski definition) is 1. The van der Waals surface area contributed by atoms with Gasteiger partial charge in [-0.15, -0.1) is 0 Å². The van der Waals surface area contributed by atoms with Crippen molar-refractivity contribution >= 4 is 27.5 Å². The summed E-state index contributed by atoms with van der Waals surface area (Å²) in [6.07, 6.45) is 2.03.